The molecule has 0 aliphatic heterocycles. The fourth-order valence-corrected chi connectivity index (χ4v) is 2.54. The zero-order valence-corrected chi connectivity index (χ0v) is 11.7. The van der Waals surface area contributed by atoms with Crippen molar-refractivity contribution in [1.82, 2.24) is 0 Å². The largest absolute Gasteiger partial charge is 0.497 e. The molecule has 2 aromatic rings. The van der Waals surface area contributed by atoms with E-state index in [0.29, 0.717) is 0 Å². The zero-order valence-electron chi connectivity index (χ0n) is 10.8. The van der Waals surface area contributed by atoms with Gasteiger partial charge in [-0.1, -0.05) is 42.1 Å². The third-order valence-electron chi connectivity index (χ3n) is 2.79. The SMILES string of the molecule is COc1ccc(C(=O)SCCc2ccccc2)cc1. The van der Waals surface area contributed by atoms with Gasteiger partial charge in [0.05, 0.1) is 7.11 Å². The fraction of sp³-hybridized carbons (Fsp3) is 0.188. The summed E-state index contributed by atoms with van der Waals surface area (Å²) >= 11 is 1.36. The van der Waals surface area contributed by atoms with Crippen LogP contribution in [0.3, 0.4) is 0 Å². The van der Waals surface area contributed by atoms with Crippen molar-refractivity contribution >= 4 is 16.9 Å². The van der Waals surface area contributed by atoms with Gasteiger partial charge in [0.15, 0.2) is 0 Å². The van der Waals surface area contributed by atoms with Gasteiger partial charge in [-0.2, -0.15) is 0 Å². The van der Waals surface area contributed by atoms with Crippen molar-refractivity contribution in [2.45, 2.75) is 6.42 Å². The van der Waals surface area contributed by atoms with Gasteiger partial charge in [-0.15, -0.1) is 0 Å². The lowest BCUT2D eigenvalue weighted by molar-refractivity contribution is 0.108. The third-order valence-corrected chi connectivity index (χ3v) is 3.70. The molecule has 0 amide bonds. The first kappa shape index (κ1) is 13.7. The van der Waals surface area contributed by atoms with E-state index in [1.165, 1.54) is 17.3 Å². The van der Waals surface area contributed by atoms with Crippen LogP contribution in [0.4, 0.5) is 0 Å². The molecule has 0 aliphatic rings. The fourth-order valence-electron chi connectivity index (χ4n) is 1.72. The van der Waals surface area contributed by atoms with Gasteiger partial charge >= 0.3 is 0 Å². The average Bonchev–Trinajstić information content (AvgIpc) is 2.48. The summed E-state index contributed by atoms with van der Waals surface area (Å²) in [5, 5.41) is 0.110. The highest BCUT2D eigenvalue weighted by Crippen LogP contribution is 2.17. The maximum atomic E-state index is 12.0. The molecular weight excluding hydrogens is 256 g/mol. The number of methoxy groups -OCH3 is 1. The van der Waals surface area contributed by atoms with Crippen LogP contribution in [0.15, 0.2) is 54.6 Å². The number of benzene rings is 2. The molecule has 0 bridgehead atoms. The van der Waals surface area contributed by atoms with Gasteiger partial charge in [-0.05, 0) is 36.2 Å². The Hall–Kier alpha value is -1.74. The van der Waals surface area contributed by atoms with Gasteiger partial charge in [-0.3, -0.25) is 4.79 Å². The van der Waals surface area contributed by atoms with Gasteiger partial charge in [0, 0.05) is 11.3 Å². The predicted molar refractivity (Wildman–Crippen MR) is 79.9 cm³/mol. The minimum Gasteiger partial charge on any atom is -0.497 e. The lowest BCUT2D eigenvalue weighted by Crippen LogP contribution is -1.97. The standard InChI is InChI=1S/C16H16O2S/c1-18-15-9-7-14(8-10-15)16(17)19-12-11-13-5-3-2-4-6-13/h2-10H,11-12H2,1H3. The molecule has 2 aromatic carbocycles. The molecule has 0 aromatic heterocycles. The number of aryl methyl sites for hydroxylation is 1. The zero-order chi connectivity index (χ0) is 13.5. The normalized spacial score (nSPS) is 10.2. The molecule has 0 saturated heterocycles. The first-order valence-corrected chi connectivity index (χ1v) is 7.13. The lowest BCUT2D eigenvalue weighted by Gasteiger charge is -2.03. The van der Waals surface area contributed by atoms with Crippen LogP contribution in [-0.2, 0) is 6.42 Å². The van der Waals surface area contributed by atoms with Crippen LogP contribution in [0.5, 0.6) is 5.75 Å². The van der Waals surface area contributed by atoms with Crippen LogP contribution >= 0.6 is 11.8 Å². The number of carbonyl (C=O) groups excluding carboxylic acids is 1. The van der Waals surface area contributed by atoms with Crippen molar-refractivity contribution in [2.75, 3.05) is 12.9 Å². The van der Waals surface area contributed by atoms with Crippen molar-refractivity contribution in [2.24, 2.45) is 0 Å². The third kappa shape index (κ3) is 4.14. The highest BCUT2D eigenvalue weighted by molar-refractivity contribution is 8.14. The minimum absolute atomic E-state index is 0.110. The van der Waals surface area contributed by atoms with Gasteiger partial charge in [0.1, 0.15) is 5.75 Å². The molecule has 0 heterocycles. The van der Waals surface area contributed by atoms with E-state index in [9.17, 15) is 4.79 Å². The summed E-state index contributed by atoms with van der Waals surface area (Å²) in [5.74, 6) is 1.57. The second-order valence-corrected chi connectivity index (χ2v) is 5.17. The summed E-state index contributed by atoms with van der Waals surface area (Å²) in [6, 6.07) is 17.4. The first-order chi connectivity index (χ1) is 9.29. The maximum absolute atomic E-state index is 12.0. The van der Waals surface area contributed by atoms with Crippen LogP contribution in [0, 0.1) is 0 Å². The molecule has 0 spiro atoms. The Balaban J connectivity index is 1.84. The van der Waals surface area contributed by atoms with Gasteiger partial charge in [0.25, 0.3) is 0 Å². The quantitative estimate of drug-likeness (QED) is 0.828. The molecule has 3 heteroatoms. The molecule has 0 atom stereocenters. The number of rotatable bonds is 5. The second-order valence-electron chi connectivity index (χ2n) is 4.10. The van der Waals surface area contributed by atoms with Gasteiger partial charge < -0.3 is 4.74 Å². The van der Waals surface area contributed by atoms with E-state index in [0.717, 1.165) is 23.5 Å². The van der Waals surface area contributed by atoms with Crippen molar-refractivity contribution in [3.63, 3.8) is 0 Å². The van der Waals surface area contributed by atoms with E-state index >= 15 is 0 Å². The summed E-state index contributed by atoms with van der Waals surface area (Å²) in [5.41, 5.74) is 1.98. The molecule has 0 N–H and O–H groups in total. The molecule has 0 fully saturated rings. The Labute approximate surface area is 117 Å². The van der Waals surface area contributed by atoms with Crippen molar-refractivity contribution in [3.05, 3.63) is 65.7 Å². The Morgan fingerprint density at radius 2 is 1.74 bits per heavy atom. The van der Waals surface area contributed by atoms with Crippen LogP contribution < -0.4 is 4.74 Å². The van der Waals surface area contributed by atoms with E-state index in [1.54, 1.807) is 19.2 Å². The van der Waals surface area contributed by atoms with E-state index in [4.69, 9.17) is 4.74 Å². The number of ether oxygens (including phenoxy) is 1. The molecular formula is C16H16O2S. The van der Waals surface area contributed by atoms with Crippen LogP contribution in [0.2, 0.25) is 0 Å². The lowest BCUT2D eigenvalue weighted by atomic mass is 10.2. The Morgan fingerprint density at radius 3 is 2.37 bits per heavy atom. The molecule has 2 rings (SSSR count). The van der Waals surface area contributed by atoms with Gasteiger partial charge in [0.2, 0.25) is 5.12 Å². The molecule has 0 aliphatic carbocycles. The number of hydrogen-bond acceptors (Lipinski definition) is 3. The summed E-state index contributed by atoms with van der Waals surface area (Å²) in [6.45, 7) is 0. The second kappa shape index (κ2) is 7.00. The van der Waals surface area contributed by atoms with E-state index in [-0.39, 0.29) is 5.12 Å². The highest BCUT2D eigenvalue weighted by atomic mass is 32.2. The number of thioether (sulfide) groups is 1. The first-order valence-electron chi connectivity index (χ1n) is 6.14. The summed E-state index contributed by atoms with van der Waals surface area (Å²) in [4.78, 5) is 12.0. The molecule has 98 valence electrons. The highest BCUT2D eigenvalue weighted by Gasteiger charge is 2.06. The smallest absolute Gasteiger partial charge is 0.219 e. The van der Waals surface area contributed by atoms with Gasteiger partial charge in [-0.25, -0.2) is 0 Å². The van der Waals surface area contributed by atoms with Crippen LogP contribution in [0.25, 0.3) is 0 Å². The number of hydrogen-bond donors (Lipinski definition) is 0. The van der Waals surface area contributed by atoms with E-state index in [2.05, 4.69) is 12.1 Å². The molecule has 0 unspecified atom stereocenters. The van der Waals surface area contributed by atoms with E-state index < -0.39 is 0 Å². The summed E-state index contributed by atoms with van der Waals surface area (Å²) in [7, 11) is 1.62. The number of carbonyl (C=O) groups is 1. The average molecular weight is 272 g/mol. The van der Waals surface area contributed by atoms with Crippen molar-refractivity contribution < 1.29 is 9.53 Å². The van der Waals surface area contributed by atoms with Crippen molar-refractivity contribution in [1.29, 1.82) is 0 Å². The summed E-state index contributed by atoms with van der Waals surface area (Å²) in [6.07, 6.45) is 0.910. The van der Waals surface area contributed by atoms with Crippen LogP contribution in [0.1, 0.15) is 15.9 Å². The maximum Gasteiger partial charge on any atom is 0.219 e. The Kier molecular flexibility index (Phi) is 5.04. The van der Waals surface area contributed by atoms with E-state index in [1.807, 2.05) is 30.3 Å². The Morgan fingerprint density at radius 1 is 1.05 bits per heavy atom. The minimum atomic E-state index is 0.110. The summed E-state index contributed by atoms with van der Waals surface area (Å²) < 4.78 is 5.07. The van der Waals surface area contributed by atoms with Crippen molar-refractivity contribution in [3.8, 4) is 5.75 Å². The molecule has 19 heavy (non-hydrogen) atoms. The van der Waals surface area contributed by atoms with Crippen LogP contribution in [-0.4, -0.2) is 18.0 Å². The molecule has 0 saturated carbocycles. The monoisotopic (exact) mass is 272 g/mol. The topological polar surface area (TPSA) is 26.3 Å². The molecule has 0 radical (unpaired) electrons. The molecule has 2 nitrogen and oxygen atoms in total. The Bertz CT molecular complexity index is 520. The predicted octanol–water partition coefficient (Wildman–Crippen LogP) is 3.81.